The quantitative estimate of drug-likeness (QED) is 0.805. The van der Waals surface area contributed by atoms with Crippen molar-refractivity contribution in [2.24, 2.45) is 0 Å². The van der Waals surface area contributed by atoms with Crippen molar-refractivity contribution in [1.82, 2.24) is 0 Å². The van der Waals surface area contributed by atoms with E-state index < -0.39 is 6.10 Å². The van der Waals surface area contributed by atoms with Gasteiger partial charge in [-0.3, -0.25) is 0 Å². The van der Waals surface area contributed by atoms with E-state index in [1.165, 1.54) is 0 Å². The van der Waals surface area contributed by atoms with Crippen molar-refractivity contribution >= 4 is 0 Å². The van der Waals surface area contributed by atoms with Crippen molar-refractivity contribution in [3.05, 3.63) is 35.9 Å². The topological polar surface area (TPSA) is 38.7 Å². The number of aliphatic hydroxyl groups excluding tert-OH is 1. The largest absolute Gasteiger partial charge is 0.390 e. The van der Waals surface area contributed by atoms with Gasteiger partial charge in [-0.05, 0) is 5.56 Å². The van der Waals surface area contributed by atoms with Crippen molar-refractivity contribution in [3.8, 4) is 0 Å². The molecule has 2 atom stereocenters. The third-order valence-electron chi connectivity index (χ3n) is 2.56. The van der Waals surface area contributed by atoms with Gasteiger partial charge in [0.15, 0.2) is 0 Å². The molecule has 15 heavy (non-hydrogen) atoms. The highest BCUT2D eigenvalue weighted by molar-refractivity contribution is 5.15. The molecule has 1 heterocycles. The first-order valence-electron chi connectivity index (χ1n) is 5.27. The maximum Gasteiger partial charge on any atom is 0.107 e. The monoisotopic (exact) mass is 208 g/mol. The van der Waals surface area contributed by atoms with Gasteiger partial charge in [0, 0.05) is 6.42 Å². The van der Waals surface area contributed by atoms with E-state index in [1.807, 2.05) is 30.3 Å². The summed E-state index contributed by atoms with van der Waals surface area (Å²) in [6, 6.07) is 9.93. The molecule has 1 aliphatic rings. The number of benzene rings is 1. The Morgan fingerprint density at radius 3 is 2.73 bits per heavy atom. The summed E-state index contributed by atoms with van der Waals surface area (Å²) in [6.07, 6.45) is -0.0406. The molecule has 1 aliphatic heterocycles. The summed E-state index contributed by atoms with van der Waals surface area (Å²) in [6.45, 7) is 1.71. The predicted octanol–water partition coefficient (Wildman–Crippen LogP) is 1.01. The molecule has 1 saturated heterocycles. The Bertz CT molecular complexity index is 280. The van der Waals surface area contributed by atoms with Crippen LogP contribution < -0.4 is 0 Å². The molecule has 3 heteroatoms. The van der Waals surface area contributed by atoms with E-state index >= 15 is 0 Å². The summed E-state index contributed by atoms with van der Waals surface area (Å²) in [5.41, 5.74) is 1.12. The highest BCUT2D eigenvalue weighted by Crippen LogP contribution is 2.11. The van der Waals surface area contributed by atoms with E-state index in [2.05, 4.69) is 0 Å². The molecule has 1 aromatic carbocycles. The van der Waals surface area contributed by atoms with Gasteiger partial charge in [-0.1, -0.05) is 30.3 Å². The van der Waals surface area contributed by atoms with Crippen LogP contribution in [0.25, 0.3) is 0 Å². The first-order chi connectivity index (χ1) is 7.36. The molecule has 3 nitrogen and oxygen atoms in total. The van der Waals surface area contributed by atoms with Gasteiger partial charge in [0.2, 0.25) is 0 Å². The van der Waals surface area contributed by atoms with Gasteiger partial charge in [0.05, 0.1) is 25.9 Å². The van der Waals surface area contributed by atoms with Crippen LogP contribution in [0.3, 0.4) is 0 Å². The van der Waals surface area contributed by atoms with Crippen LogP contribution >= 0.6 is 0 Å². The average Bonchev–Trinajstić information content (AvgIpc) is 2.31. The molecule has 1 fully saturated rings. The molecule has 0 spiro atoms. The Labute approximate surface area is 89.6 Å². The summed E-state index contributed by atoms with van der Waals surface area (Å²) in [4.78, 5) is 0. The lowest BCUT2D eigenvalue weighted by molar-refractivity contribution is -0.131. The lowest BCUT2D eigenvalue weighted by Crippen LogP contribution is -2.39. The van der Waals surface area contributed by atoms with Crippen molar-refractivity contribution in [2.45, 2.75) is 18.6 Å². The zero-order valence-corrected chi connectivity index (χ0v) is 8.63. The molecule has 0 amide bonds. The van der Waals surface area contributed by atoms with Crippen molar-refractivity contribution < 1.29 is 14.6 Å². The van der Waals surface area contributed by atoms with E-state index in [-0.39, 0.29) is 6.10 Å². The summed E-state index contributed by atoms with van der Waals surface area (Å²) >= 11 is 0. The summed E-state index contributed by atoms with van der Waals surface area (Å²) in [7, 11) is 0. The Balaban J connectivity index is 1.88. The first kappa shape index (κ1) is 10.6. The first-order valence-corrected chi connectivity index (χ1v) is 5.27. The van der Waals surface area contributed by atoms with Crippen LogP contribution in [0.4, 0.5) is 0 Å². The highest BCUT2D eigenvalue weighted by Gasteiger charge is 2.23. The van der Waals surface area contributed by atoms with Gasteiger partial charge in [0.1, 0.15) is 6.10 Å². The van der Waals surface area contributed by atoms with Gasteiger partial charge in [-0.2, -0.15) is 0 Å². The fourth-order valence-corrected chi connectivity index (χ4v) is 1.72. The molecule has 0 bridgehead atoms. The molecule has 1 N–H and O–H groups in total. The second kappa shape index (κ2) is 5.26. The predicted molar refractivity (Wildman–Crippen MR) is 56.7 cm³/mol. The Hall–Kier alpha value is -0.900. The molecule has 1 aromatic rings. The molecule has 2 rings (SSSR count). The lowest BCUT2D eigenvalue weighted by Gasteiger charge is -2.27. The molecule has 0 aliphatic carbocycles. The molecule has 0 radical (unpaired) electrons. The van der Waals surface area contributed by atoms with Crippen molar-refractivity contribution in [2.75, 3.05) is 19.8 Å². The van der Waals surface area contributed by atoms with E-state index in [4.69, 9.17) is 9.47 Å². The molecular weight excluding hydrogens is 192 g/mol. The third kappa shape index (κ3) is 3.02. The molecule has 82 valence electrons. The van der Waals surface area contributed by atoms with E-state index in [0.29, 0.717) is 26.2 Å². The second-order valence-electron chi connectivity index (χ2n) is 3.74. The number of hydrogen-bond acceptors (Lipinski definition) is 3. The van der Waals surface area contributed by atoms with E-state index in [1.54, 1.807) is 0 Å². The normalized spacial score (nSPS) is 23.7. The minimum Gasteiger partial charge on any atom is -0.390 e. The fraction of sp³-hybridized carbons (Fsp3) is 0.500. The van der Waals surface area contributed by atoms with Gasteiger partial charge in [-0.15, -0.1) is 0 Å². The van der Waals surface area contributed by atoms with E-state index in [0.717, 1.165) is 5.56 Å². The lowest BCUT2D eigenvalue weighted by atomic mass is 10.0. The maximum absolute atomic E-state index is 9.92. The SMILES string of the molecule is OC(Cc1ccccc1)C1COCCO1. The van der Waals surface area contributed by atoms with Crippen LogP contribution in [0.15, 0.2) is 30.3 Å². The number of ether oxygens (including phenoxy) is 2. The minimum absolute atomic E-state index is 0.182. The Kier molecular flexibility index (Phi) is 3.72. The Morgan fingerprint density at radius 1 is 1.27 bits per heavy atom. The fourth-order valence-electron chi connectivity index (χ4n) is 1.72. The van der Waals surface area contributed by atoms with Crippen LogP contribution in [0.5, 0.6) is 0 Å². The maximum atomic E-state index is 9.92. The van der Waals surface area contributed by atoms with Crippen molar-refractivity contribution in [1.29, 1.82) is 0 Å². The van der Waals surface area contributed by atoms with Gasteiger partial charge >= 0.3 is 0 Å². The number of hydrogen-bond donors (Lipinski definition) is 1. The summed E-state index contributed by atoms with van der Waals surface area (Å²) in [5.74, 6) is 0. The van der Waals surface area contributed by atoms with Gasteiger partial charge in [-0.25, -0.2) is 0 Å². The average molecular weight is 208 g/mol. The van der Waals surface area contributed by atoms with Crippen LogP contribution in [-0.2, 0) is 15.9 Å². The molecule has 2 unspecified atom stereocenters. The zero-order chi connectivity index (χ0) is 10.5. The highest BCUT2D eigenvalue weighted by atomic mass is 16.6. The summed E-state index contributed by atoms with van der Waals surface area (Å²) < 4.78 is 10.7. The Morgan fingerprint density at radius 2 is 2.07 bits per heavy atom. The minimum atomic E-state index is -0.479. The number of rotatable bonds is 3. The zero-order valence-electron chi connectivity index (χ0n) is 8.63. The third-order valence-corrected chi connectivity index (χ3v) is 2.56. The van der Waals surface area contributed by atoms with Gasteiger partial charge in [0.25, 0.3) is 0 Å². The molecule has 0 saturated carbocycles. The standard InChI is InChI=1S/C12H16O3/c13-11(12-9-14-6-7-15-12)8-10-4-2-1-3-5-10/h1-5,11-13H,6-9H2. The van der Waals surface area contributed by atoms with Gasteiger partial charge < -0.3 is 14.6 Å². The second-order valence-corrected chi connectivity index (χ2v) is 3.74. The van der Waals surface area contributed by atoms with Crippen LogP contribution in [0.2, 0.25) is 0 Å². The smallest absolute Gasteiger partial charge is 0.107 e. The molecule has 0 aromatic heterocycles. The van der Waals surface area contributed by atoms with Crippen molar-refractivity contribution in [3.63, 3.8) is 0 Å². The summed E-state index contributed by atoms with van der Waals surface area (Å²) in [5, 5.41) is 9.92. The number of aliphatic hydroxyl groups is 1. The van der Waals surface area contributed by atoms with E-state index in [9.17, 15) is 5.11 Å². The van der Waals surface area contributed by atoms with Crippen LogP contribution in [0.1, 0.15) is 5.56 Å². The van der Waals surface area contributed by atoms with Crippen LogP contribution in [-0.4, -0.2) is 37.1 Å². The molecular formula is C12H16O3. The van der Waals surface area contributed by atoms with Crippen LogP contribution in [0, 0.1) is 0 Å².